The van der Waals surface area contributed by atoms with Gasteiger partial charge in [0.1, 0.15) is 40.9 Å². The Morgan fingerprint density at radius 3 is 2.42 bits per heavy atom. The van der Waals surface area contributed by atoms with Gasteiger partial charge in [-0.25, -0.2) is 18.2 Å². The Hall–Kier alpha value is -5.72. The zero-order chi connectivity index (χ0) is 45.0. The summed E-state index contributed by atoms with van der Waals surface area (Å²) in [4.78, 5) is 67.2. The molecule has 2 aromatic carbocycles. The lowest BCUT2D eigenvalue weighted by atomic mass is 10.0. The van der Waals surface area contributed by atoms with E-state index in [1.54, 1.807) is 6.07 Å². The average molecular weight is 907 g/mol. The molecule has 4 fully saturated rings. The van der Waals surface area contributed by atoms with Crippen molar-refractivity contribution in [1.29, 1.82) is 0 Å². The van der Waals surface area contributed by atoms with E-state index in [4.69, 9.17) is 18.9 Å². The number of fused-ring (bicyclic) bond motifs is 5. The minimum atomic E-state index is -4.57. The van der Waals surface area contributed by atoms with Crippen molar-refractivity contribution in [3.63, 3.8) is 0 Å². The maximum absolute atomic E-state index is 14.8. The molecule has 19 heteroatoms. The second-order valence-corrected chi connectivity index (χ2v) is 19.6. The number of nitrogens with zero attached hydrogens (tertiary/aromatic N) is 3. The van der Waals surface area contributed by atoms with Crippen molar-refractivity contribution >= 4 is 55.9 Å². The van der Waals surface area contributed by atoms with Crippen LogP contribution in [0.25, 0.3) is 33.5 Å². The number of halogens is 3. The number of sulfonamides is 1. The Balaban J connectivity index is 1.06. The molecule has 1 saturated heterocycles. The predicted octanol–water partition coefficient (Wildman–Crippen LogP) is 6.76. The Morgan fingerprint density at radius 2 is 1.69 bits per heavy atom. The number of alkyl carbamates (subject to hydrolysis) is 1. The van der Waals surface area contributed by atoms with Gasteiger partial charge in [-0.2, -0.15) is 18.2 Å². The van der Waals surface area contributed by atoms with Crippen LogP contribution in [0.4, 0.5) is 18.0 Å². The van der Waals surface area contributed by atoms with Crippen LogP contribution in [-0.4, -0.2) is 88.7 Å². The number of allylic oxidation sites excluding steroid dienone is 1. The first kappa shape index (κ1) is 43.5. The fourth-order valence-corrected chi connectivity index (χ4v) is 10.5. The number of hydrogen-bond donors (Lipinski definition) is 3. The highest BCUT2D eigenvalue weighted by Crippen LogP contribution is 2.46. The van der Waals surface area contributed by atoms with Crippen LogP contribution in [0.1, 0.15) is 94.6 Å². The molecule has 2 aliphatic heterocycles. The number of carbonyl (C=O) groups excluding carboxylic acids is 4. The van der Waals surface area contributed by atoms with E-state index in [1.165, 1.54) is 17.0 Å². The molecule has 3 aliphatic carbocycles. The molecule has 9 rings (SSSR count). The normalized spacial score (nSPS) is 26.3. The summed E-state index contributed by atoms with van der Waals surface area (Å²) in [5.41, 5.74) is -0.488. The third-order valence-electron chi connectivity index (χ3n) is 13.0. The maximum Gasteiger partial charge on any atom is 0.416 e. The minimum absolute atomic E-state index is 0.0362. The predicted molar refractivity (Wildman–Crippen MR) is 226 cm³/mol. The highest BCUT2D eigenvalue weighted by molar-refractivity contribution is 7.91. The van der Waals surface area contributed by atoms with E-state index in [-0.39, 0.29) is 54.8 Å². The second-order valence-electron chi connectivity index (χ2n) is 17.7. The van der Waals surface area contributed by atoms with Gasteiger partial charge < -0.3 is 29.4 Å². The van der Waals surface area contributed by atoms with Crippen LogP contribution in [-0.2, 0) is 35.3 Å². The van der Waals surface area contributed by atoms with Gasteiger partial charge in [-0.3, -0.25) is 19.1 Å². The molecule has 15 nitrogen and oxygen atoms in total. The number of aromatic nitrogens is 2. The van der Waals surface area contributed by atoms with Crippen molar-refractivity contribution in [2.24, 2.45) is 5.92 Å². The van der Waals surface area contributed by atoms with Gasteiger partial charge >= 0.3 is 12.3 Å². The summed E-state index contributed by atoms with van der Waals surface area (Å²) < 4.78 is 87.2. The van der Waals surface area contributed by atoms with Gasteiger partial charge in [-0.05, 0) is 94.9 Å². The first-order valence-electron chi connectivity index (χ1n) is 22.0. The van der Waals surface area contributed by atoms with Gasteiger partial charge in [-0.1, -0.05) is 49.3 Å². The van der Waals surface area contributed by atoms with Crippen molar-refractivity contribution in [2.75, 3.05) is 6.54 Å². The number of furan rings is 1. The molecular weight excluding hydrogens is 858 g/mol. The lowest BCUT2D eigenvalue weighted by molar-refractivity contribution is -0.141. The topological polar surface area (TPSA) is 199 Å². The van der Waals surface area contributed by atoms with Crippen LogP contribution in [0, 0.1) is 12.8 Å². The second kappa shape index (κ2) is 17.0. The number of alkyl halides is 3. The molecule has 64 heavy (non-hydrogen) atoms. The molecule has 5 unspecified atom stereocenters. The van der Waals surface area contributed by atoms with Gasteiger partial charge in [0, 0.05) is 23.3 Å². The standard InChI is InChI=1S/C45H49F3N6O9S/c1-25-10-9-14-32-35-37(63-36(25)32)40(51-38(50-35)26-16-18-27(19-17-26)45(46,47)48)61-30-22-34-39(55)52-44(42(57)53-64(59,60)31-20-21-31)23-28(44)11-5-3-2-4-6-15-33(41(56)54(34)24-30)49-43(58)62-29-12-7-8-13-29/h5,9-11,14,16-19,28-31,33-34H,2-4,6-8,12-13,15,20-24H2,1H3,(H,49,58)(H,52,55)(H,53,57)/b11-5-. The minimum Gasteiger partial charge on any atom is -0.470 e. The lowest BCUT2D eigenvalue weighted by Gasteiger charge is -2.30. The van der Waals surface area contributed by atoms with E-state index in [1.807, 2.05) is 31.2 Å². The number of aryl methyl sites for hydroxylation is 1. The number of hydrogen-bond acceptors (Lipinski definition) is 11. The molecule has 0 radical (unpaired) electrons. The van der Waals surface area contributed by atoms with Crippen molar-refractivity contribution < 1.29 is 54.7 Å². The summed E-state index contributed by atoms with van der Waals surface area (Å²) in [5.74, 6) is -2.73. The Kier molecular flexibility index (Phi) is 11.6. The van der Waals surface area contributed by atoms with Gasteiger partial charge in [0.05, 0.1) is 17.4 Å². The summed E-state index contributed by atoms with van der Waals surface area (Å²) in [6.45, 7) is 1.65. The number of carbonyl (C=O) groups is 4. The van der Waals surface area contributed by atoms with E-state index in [0.717, 1.165) is 37.0 Å². The number of nitrogens with one attached hydrogen (secondary N) is 3. The fourth-order valence-electron chi connectivity index (χ4n) is 9.14. The molecule has 3 N–H and O–H groups in total. The molecule has 4 amide bonds. The number of rotatable bonds is 8. The maximum atomic E-state index is 14.8. The van der Waals surface area contributed by atoms with Crippen LogP contribution in [0.3, 0.4) is 0 Å². The van der Waals surface area contributed by atoms with Crippen molar-refractivity contribution in [1.82, 2.24) is 30.2 Å². The van der Waals surface area contributed by atoms with E-state index in [9.17, 15) is 40.8 Å². The van der Waals surface area contributed by atoms with Gasteiger partial charge in [0.25, 0.3) is 11.8 Å². The quantitative estimate of drug-likeness (QED) is 0.158. The summed E-state index contributed by atoms with van der Waals surface area (Å²) in [5, 5.41) is 5.53. The third-order valence-corrected chi connectivity index (χ3v) is 14.8. The van der Waals surface area contributed by atoms with E-state index < -0.39 is 80.5 Å². The molecule has 0 bridgehead atoms. The average Bonchev–Trinajstić information content (AvgIpc) is 4.06. The highest BCUT2D eigenvalue weighted by atomic mass is 32.2. The Bertz CT molecular complexity index is 2630. The number of ether oxygens (including phenoxy) is 2. The first-order chi connectivity index (χ1) is 30.6. The lowest BCUT2D eigenvalue weighted by Crippen LogP contribution is -2.58. The van der Waals surface area contributed by atoms with Gasteiger partial charge in [0.2, 0.25) is 27.4 Å². The molecule has 4 aromatic rings. The van der Waals surface area contributed by atoms with Crippen molar-refractivity contribution in [3.8, 4) is 17.3 Å². The number of amides is 4. The van der Waals surface area contributed by atoms with E-state index in [2.05, 4.69) is 20.3 Å². The molecule has 3 saturated carbocycles. The molecule has 5 aliphatic rings. The van der Waals surface area contributed by atoms with Crippen LogP contribution in [0.5, 0.6) is 5.88 Å². The fraction of sp³-hybridized carbons (Fsp3) is 0.511. The zero-order valence-corrected chi connectivity index (χ0v) is 35.9. The van der Waals surface area contributed by atoms with Crippen molar-refractivity contribution in [3.05, 3.63) is 65.7 Å². The monoisotopic (exact) mass is 906 g/mol. The molecule has 0 spiro atoms. The summed E-state index contributed by atoms with van der Waals surface area (Å²) in [6, 6.07) is 7.43. The van der Waals surface area contributed by atoms with Crippen LogP contribution in [0.2, 0.25) is 0 Å². The van der Waals surface area contributed by atoms with Crippen LogP contribution >= 0.6 is 0 Å². The zero-order valence-electron chi connectivity index (χ0n) is 35.1. The summed E-state index contributed by atoms with van der Waals surface area (Å²) in [7, 11) is -3.97. The van der Waals surface area contributed by atoms with E-state index in [0.29, 0.717) is 61.4 Å². The summed E-state index contributed by atoms with van der Waals surface area (Å²) in [6.07, 6.45) is 4.22. The highest BCUT2D eigenvalue weighted by Gasteiger charge is 2.62. The Morgan fingerprint density at radius 1 is 0.938 bits per heavy atom. The number of benzene rings is 2. The summed E-state index contributed by atoms with van der Waals surface area (Å²) >= 11 is 0. The molecule has 5 atom stereocenters. The molecular formula is C45H49F3N6O9S. The largest absolute Gasteiger partial charge is 0.470 e. The van der Waals surface area contributed by atoms with Crippen molar-refractivity contribution in [2.45, 2.75) is 132 Å². The van der Waals surface area contributed by atoms with Crippen LogP contribution < -0.4 is 20.1 Å². The van der Waals surface area contributed by atoms with Gasteiger partial charge in [-0.15, -0.1) is 0 Å². The third kappa shape index (κ3) is 8.87. The van der Waals surface area contributed by atoms with Gasteiger partial charge in [0.15, 0.2) is 5.82 Å². The van der Waals surface area contributed by atoms with E-state index >= 15 is 0 Å². The smallest absolute Gasteiger partial charge is 0.416 e. The number of para-hydroxylation sites is 1. The molecule has 4 heterocycles. The first-order valence-corrected chi connectivity index (χ1v) is 23.5. The Labute approximate surface area is 366 Å². The molecule has 2 aromatic heterocycles. The SMILES string of the molecule is Cc1cccc2c1oc1c(OC3CC4C(=O)NC5(C(=O)NS(=O)(=O)C6CC6)CC5/C=C\CCCCCC(NC(=O)OC5CCCC5)C(=O)N4C3)nc(-c3ccc(C(F)(F)F)cc3)nc12. The molecule has 340 valence electrons. The van der Waals surface area contributed by atoms with Crippen LogP contribution in [0.15, 0.2) is 59.0 Å².